The van der Waals surface area contributed by atoms with Crippen molar-refractivity contribution in [3.8, 4) is 5.75 Å². The minimum Gasteiger partial charge on any atom is -0.506 e. The van der Waals surface area contributed by atoms with Gasteiger partial charge in [-0.1, -0.05) is 11.8 Å². The molecule has 3 heterocycles. The smallest absolute Gasteiger partial charge is 0.281 e. The highest BCUT2D eigenvalue weighted by molar-refractivity contribution is 8.14. The van der Waals surface area contributed by atoms with Gasteiger partial charge in [-0.05, 0) is 24.3 Å². The molecule has 25 heavy (non-hydrogen) atoms. The van der Waals surface area contributed by atoms with Crippen LogP contribution in [0.15, 0.2) is 47.7 Å². The second kappa shape index (κ2) is 6.21. The first kappa shape index (κ1) is 15.6. The number of rotatable bonds is 2. The zero-order chi connectivity index (χ0) is 17.4. The van der Waals surface area contributed by atoms with Gasteiger partial charge in [-0.3, -0.25) is 4.79 Å². The second-order valence-corrected chi connectivity index (χ2v) is 6.50. The van der Waals surface area contributed by atoms with E-state index in [9.17, 15) is 14.3 Å². The Morgan fingerprint density at radius 2 is 2.28 bits per heavy atom. The molecule has 1 amide bonds. The topological polar surface area (TPSA) is 81.6 Å². The standard InChI is InChI=1S/C17H13FN4O2S/c18-10-3-4-14(23)13(8-10)22-6-7-25-17(22)21-16(24)12-9-20-15-11(12)2-1-5-19-15/h1-5,8-9,23H,6-7H2,(H,19,20)/b21-17-. The van der Waals surface area contributed by atoms with Gasteiger partial charge in [-0.15, -0.1) is 0 Å². The van der Waals surface area contributed by atoms with Crippen LogP contribution in [-0.4, -0.2) is 38.4 Å². The number of amides is 1. The summed E-state index contributed by atoms with van der Waals surface area (Å²) in [4.78, 5) is 25.5. The number of phenolic OH excluding ortho intramolecular Hbond substituents is 1. The van der Waals surface area contributed by atoms with Gasteiger partial charge in [0.15, 0.2) is 5.17 Å². The van der Waals surface area contributed by atoms with Crippen molar-refractivity contribution in [2.45, 2.75) is 0 Å². The SMILES string of the molecule is O=C(/N=C1\SCCN1c1cc(F)ccc1O)c1c[nH]c2ncccc12. The van der Waals surface area contributed by atoms with E-state index in [-0.39, 0.29) is 5.75 Å². The van der Waals surface area contributed by atoms with Crippen molar-refractivity contribution in [1.29, 1.82) is 0 Å². The van der Waals surface area contributed by atoms with Crippen LogP contribution in [0.1, 0.15) is 10.4 Å². The molecule has 0 unspecified atom stereocenters. The maximum atomic E-state index is 13.5. The Labute approximate surface area is 146 Å². The maximum Gasteiger partial charge on any atom is 0.281 e. The van der Waals surface area contributed by atoms with Crippen molar-refractivity contribution in [2.24, 2.45) is 4.99 Å². The molecular weight excluding hydrogens is 343 g/mol. The van der Waals surface area contributed by atoms with Crippen LogP contribution in [0.25, 0.3) is 11.0 Å². The molecule has 2 aromatic heterocycles. The fourth-order valence-corrected chi connectivity index (χ4v) is 3.66. The Kier molecular flexibility index (Phi) is 3.89. The van der Waals surface area contributed by atoms with Gasteiger partial charge < -0.3 is 15.0 Å². The number of nitrogens with zero attached hydrogens (tertiary/aromatic N) is 3. The Balaban J connectivity index is 1.70. The molecule has 0 atom stereocenters. The number of aliphatic imine (C=N–C) groups is 1. The lowest BCUT2D eigenvalue weighted by Gasteiger charge is -2.18. The number of amidine groups is 1. The predicted octanol–water partition coefficient (Wildman–Crippen LogP) is 3.16. The molecule has 8 heteroatoms. The Bertz CT molecular complexity index is 1000. The Morgan fingerprint density at radius 1 is 1.40 bits per heavy atom. The number of aromatic amines is 1. The molecule has 1 fully saturated rings. The molecular formula is C17H13FN4O2S. The number of aromatic nitrogens is 2. The lowest BCUT2D eigenvalue weighted by Crippen LogP contribution is -2.24. The van der Waals surface area contributed by atoms with Crippen molar-refractivity contribution < 1.29 is 14.3 Å². The van der Waals surface area contributed by atoms with Crippen LogP contribution in [0.4, 0.5) is 10.1 Å². The summed E-state index contributed by atoms with van der Waals surface area (Å²) in [6, 6.07) is 7.25. The molecule has 3 aromatic rings. The summed E-state index contributed by atoms with van der Waals surface area (Å²) in [6.07, 6.45) is 3.22. The van der Waals surface area contributed by atoms with Crippen LogP contribution in [0, 0.1) is 5.82 Å². The summed E-state index contributed by atoms with van der Waals surface area (Å²) < 4.78 is 13.5. The maximum absolute atomic E-state index is 13.5. The number of phenols is 1. The molecule has 2 N–H and O–H groups in total. The average molecular weight is 356 g/mol. The van der Waals surface area contributed by atoms with Crippen molar-refractivity contribution >= 4 is 39.6 Å². The van der Waals surface area contributed by atoms with Gasteiger partial charge in [0.2, 0.25) is 0 Å². The molecule has 1 aromatic carbocycles. The van der Waals surface area contributed by atoms with Crippen molar-refractivity contribution in [2.75, 3.05) is 17.2 Å². The van der Waals surface area contributed by atoms with E-state index in [1.807, 2.05) is 0 Å². The van der Waals surface area contributed by atoms with E-state index >= 15 is 0 Å². The predicted molar refractivity (Wildman–Crippen MR) is 95.7 cm³/mol. The molecule has 126 valence electrons. The molecule has 0 spiro atoms. The monoisotopic (exact) mass is 356 g/mol. The van der Waals surface area contributed by atoms with E-state index in [0.29, 0.717) is 39.7 Å². The van der Waals surface area contributed by atoms with Crippen molar-refractivity contribution in [1.82, 2.24) is 9.97 Å². The number of aromatic hydroxyl groups is 1. The fourth-order valence-electron chi connectivity index (χ4n) is 2.71. The number of nitrogens with one attached hydrogen (secondary N) is 1. The first-order valence-electron chi connectivity index (χ1n) is 7.57. The van der Waals surface area contributed by atoms with Gasteiger partial charge >= 0.3 is 0 Å². The van der Waals surface area contributed by atoms with E-state index in [1.54, 1.807) is 29.4 Å². The number of hydrogen-bond acceptors (Lipinski definition) is 4. The van der Waals surface area contributed by atoms with Crippen molar-refractivity contribution in [3.05, 3.63) is 54.1 Å². The van der Waals surface area contributed by atoms with Crippen LogP contribution in [0.2, 0.25) is 0 Å². The normalized spacial score (nSPS) is 16.0. The highest BCUT2D eigenvalue weighted by atomic mass is 32.2. The Hall–Kier alpha value is -2.87. The van der Waals surface area contributed by atoms with Gasteiger partial charge in [0.05, 0.1) is 11.3 Å². The number of benzene rings is 1. The molecule has 0 bridgehead atoms. The first-order valence-corrected chi connectivity index (χ1v) is 8.56. The minimum absolute atomic E-state index is 0.0552. The van der Waals surface area contributed by atoms with Crippen LogP contribution in [0.3, 0.4) is 0 Å². The lowest BCUT2D eigenvalue weighted by molar-refractivity contribution is 0.100. The van der Waals surface area contributed by atoms with Gasteiger partial charge in [-0.2, -0.15) is 4.99 Å². The molecule has 0 radical (unpaired) electrons. The third kappa shape index (κ3) is 2.85. The van der Waals surface area contributed by atoms with Gasteiger partial charge in [0.25, 0.3) is 5.91 Å². The number of fused-ring (bicyclic) bond motifs is 1. The number of carbonyl (C=O) groups excluding carboxylic acids is 1. The van der Waals surface area contributed by atoms with Crippen molar-refractivity contribution in [3.63, 3.8) is 0 Å². The number of hydrogen-bond donors (Lipinski definition) is 2. The Morgan fingerprint density at radius 3 is 3.16 bits per heavy atom. The molecule has 1 saturated heterocycles. The molecule has 0 saturated carbocycles. The third-order valence-electron chi connectivity index (χ3n) is 3.88. The number of anilines is 1. The first-order chi connectivity index (χ1) is 12.1. The number of carbonyl (C=O) groups is 1. The quantitative estimate of drug-likeness (QED) is 0.737. The molecule has 6 nitrogen and oxygen atoms in total. The fraction of sp³-hybridized carbons (Fsp3) is 0.118. The number of halogens is 1. The van der Waals surface area contributed by atoms with E-state index < -0.39 is 11.7 Å². The summed E-state index contributed by atoms with van der Waals surface area (Å²) in [6.45, 7) is 0.531. The molecule has 1 aliphatic heterocycles. The van der Waals surface area contributed by atoms with Gasteiger partial charge in [0.1, 0.15) is 17.2 Å². The van der Waals surface area contributed by atoms with Crippen LogP contribution in [-0.2, 0) is 0 Å². The average Bonchev–Trinajstić information content (AvgIpc) is 3.23. The minimum atomic E-state index is -0.460. The summed E-state index contributed by atoms with van der Waals surface area (Å²) in [5.74, 6) is -0.236. The zero-order valence-electron chi connectivity index (χ0n) is 12.9. The highest BCUT2D eigenvalue weighted by Gasteiger charge is 2.25. The van der Waals surface area contributed by atoms with E-state index in [2.05, 4.69) is 15.0 Å². The summed E-state index contributed by atoms with van der Waals surface area (Å²) in [5, 5.41) is 11.1. The molecule has 0 aliphatic carbocycles. The summed E-state index contributed by atoms with van der Waals surface area (Å²) in [7, 11) is 0. The van der Waals surface area contributed by atoms with Gasteiger partial charge in [-0.25, -0.2) is 9.37 Å². The van der Waals surface area contributed by atoms with Crippen LogP contribution in [0.5, 0.6) is 5.75 Å². The third-order valence-corrected chi connectivity index (χ3v) is 4.84. The number of H-pyrrole nitrogens is 1. The van der Waals surface area contributed by atoms with Crippen LogP contribution < -0.4 is 4.90 Å². The summed E-state index contributed by atoms with van der Waals surface area (Å²) in [5.41, 5.74) is 1.34. The lowest BCUT2D eigenvalue weighted by atomic mass is 10.2. The van der Waals surface area contributed by atoms with Crippen LogP contribution >= 0.6 is 11.8 Å². The molecule has 1 aliphatic rings. The zero-order valence-corrected chi connectivity index (χ0v) is 13.8. The van der Waals surface area contributed by atoms with E-state index in [1.165, 1.54) is 30.0 Å². The van der Waals surface area contributed by atoms with E-state index in [0.717, 1.165) is 0 Å². The largest absolute Gasteiger partial charge is 0.506 e. The number of pyridine rings is 1. The van der Waals surface area contributed by atoms with Gasteiger partial charge in [0, 0.05) is 36.1 Å². The van der Waals surface area contributed by atoms with E-state index in [4.69, 9.17) is 0 Å². The highest BCUT2D eigenvalue weighted by Crippen LogP contribution is 2.33. The summed E-state index contributed by atoms with van der Waals surface area (Å²) >= 11 is 1.39. The molecule has 4 rings (SSSR count). The number of thioether (sulfide) groups is 1. The second-order valence-electron chi connectivity index (χ2n) is 5.43.